The lowest BCUT2D eigenvalue weighted by atomic mass is 10.1. The van der Waals surface area contributed by atoms with E-state index in [1.165, 1.54) is 0 Å². The minimum atomic E-state index is -0.645. The van der Waals surface area contributed by atoms with Crippen molar-refractivity contribution in [3.63, 3.8) is 0 Å². The van der Waals surface area contributed by atoms with Crippen molar-refractivity contribution in [2.75, 3.05) is 31.8 Å². The molecule has 2 aromatic rings. The zero-order valence-corrected chi connectivity index (χ0v) is 19.3. The third-order valence-electron chi connectivity index (χ3n) is 5.03. The molecule has 1 aliphatic rings. The fourth-order valence-corrected chi connectivity index (χ4v) is 4.10. The number of thioether (sulfide) groups is 1. The predicted molar refractivity (Wildman–Crippen MR) is 124 cm³/mol. The molecular formula is C23H27ClN2O4S. The van der Waals surface area contributed by atoms with Crippen LogP contribution in [0.2, 0.25) is 5.02 Å². The van der Waals surface area contributed by atoms with Gasteiger partial charge >= 0.3 is 0 Å². The van der Waals surface area contributed by atoms with Gasteiger partial charge in [-0.2, -0.15) is 11.8 Å². The first kappa shape index (κ1) is 23.3. The number of carbonyl (C=O) groups excluding carboxylic acids is 2. The monoisotopic (exact) mass is 462 g/mol. The molecule has 0 aromatic heterocycles. The van der Waals surface area contributed by atoms with Gasteiger partial charge in [0.15, 0.2) is 11.5 Å². The van der Waals surface area contributed by atoms with E-state index in [0.29, 0.717) is 54.8 Å². The van der Waals surface area contributed by atoms with Crippen molar-refractivity contribution in [2.24, 2.45) is 0 Å². The van der Waals surface area contributed by atoms with Gasteiger partial charge in [-0.3, -0.25) is 9.59 Å². The van der Waals surface area contributed by atoms with Crippen molar-refractivity contribution in [2.45, 2.75) is 25.9 Å². The van der Waals surface area contributed by atoms with Crippen molar-refractivity contribution >= 4 is 35.2 Å². The topological polar surface area (TPSA) is 67.9 Å². The Kier molecular flexibility index (Phi) is 8.49. The summed E-state index contributed by atoms with van der Waals surface area (Å²) in [7, 11) is 0. The van der Waals surface area contributed by atoms with Crippen molar-refractivity contribution < 1.29 is 19.1 Å². The molecule has 1 aliphatic heterocycles. The maximum absolute atomic E-state index is 13.4. The van der Waals surface area contributed by atoms with E-state index in [1.54, 1.807) is 40.9 Å². The molecule has 1 unspecified atom stereocenters. The van der Waals surface area contributed by atoms with Crippen LogP contribution in [0.4, 0.5) is 0 Å². The van der Waals surface area contributed by atoms with Crippen molar-refractivity contribution in [3.8, 4) is 11.5 Å². The highest BCUT2D eigenvalue weighted by Crippen LogP contribution is 2.34. The van der Waals surface area contributed by atoms with E-state index in [2.05, 4.69) is 5.32 Å². The van der Waals surface area contributed by atoms with Gasteiger partial charge in [0.2, 0.25) is 5.91 Å². The van der Waals surface area contributed by atoms with Crippen LogP contribution in [0.15, 0.2) is 42.5 Å². The lowest BCUT2D eigenvalue weighted by Crippen LogP contribution is -2.48. The smallest absolute Gasteiger partial charge is 0.253 e. The summed E-state index contributed by atoms with van der Waals surface area (Å²) in [5.41, 5.74) is 1.24. The molecule has 31 heavy (non-hydrogen) atoms. The quantitative estimate of drug-likeness (QED) is 0.609. The zero-order valence-electron chi connectivity index (χ0n) is 17.7. The number of rotatable bonds is 9. The molecule has 2 amide bonds. The summed E-state index contributed by atoms with van der Waals surface area (Å²) in [5, 5.41) is 3.25. The minimum absolute atomic E-state index is 0.133. The highest BCUT2D eigenvalue weighted by molar-refractivity contribution is 7.98. The Morgan fingerprint density at radius 2 is 1.94 bits per heavy atom. The highest BCUT2D eigenvalue weighted by Gasteiger charge is 2.27. The Morgan fingerprint density at radius 3 is 2.68 bits per heavy atom. The third kappa shape index (κ3) is 5.86. The van der Waals surface area contributed by atoms with Crippen LogP contribution in [0, 0.1) is 0 Å². The van der Waals surface area contributed by atoms with Gasteiger partial charge in [0.05, 0.1) is 10.6 Å². The number of likely N-dealkylation sites (N-methyl/N-ethyl adjacent to an activating group) is 1. The first-order chi connectivity index (χ1) is 15.0. The summed E-state index contributed by atoms with van der Waals surface area (Å²) >= 11 is 7.80. The lowest BCUT2D eigenvalue weighted by Gasteiger charge is -2.29. The molecule has 0 saturated heterocycles. The second-order valence-electron chi connectivity index (χ2n) is 7.08. The van der Waals surface area contributed by atoms with Gasteiger partial charge in [0.25, 0.3) is 5.91 Å². The number of para-hydroxylation sites is 1. The number of benzene rings is 2. The Bertz CT molecular complexity index is 924. The molecule has 1 N–H and O–H groups in total. The van der Waals surface area contributed by atoms with Gasteiger partial charge in [-0.25, -0.2) is 0 Å². The molecule has 0 aliphatic carbocycles. The van der Waals surface area contributed by atoms with Gasteiger partial charge in [-0.05, 0) is 43.6 Å². The SMILES string of the molecule is CCN(Cc1cccc2c1OCCO2)C(=O)C(CCSC)NC(=O)c1ccccc1Cl. The highest BCUT2D eigenvalue weighted by atomic mass is 35.5. The van der Waals surface area contributed by atoms with Crippen LogP contribution >= 0.6 is 23.4 Å². The van der Waals surface area contributed by atoms with E-state index in [4.69, 9.17) is 21.1 Å². The standard InChI is InChI=1S/C23H27ClN2O4S/c1-3-26(15-16-7-6-10-20-21(16)30-13-12-29-20)23(28)19(11-14-31-2)25-22(27)17-8-4-5-9-18(17)24/h4-10,19H,3,11-15H2,1-2H3,(H,25,27). The zero-order chi connectivity index (χ0) is 22.2. The van der Waals surface area contributed by atoms with Crippen LogP contribution in [0.3, 0.4) is 0 Å². The summed E-state index contributed by atoms with van der Waals surface area (Å²) in [6.07, 6.45) is 2.50. The number of hydrogen-bond donors (Lipinski definition) is 1. The molecule has 2 aromatic carbocycles. The minimum Gasteiger partial charge on any atom is -0.486 e. The molecule has 6 nitrogen and oxygen atoms in total. The van der Waals surface area contributed by atoms with Gasteiger partial charge in [0, 0.05) is 18.7 Å². The van der Waals surface area contributed by atoms with Crippen molar-refractivity contribution in [1.82, 2.24) is 10.2 Å². The lowest BCUT2D eigenvalue weighted by molar-refractivity contribution is -0.133. The van der Waals surface area contributed by atoms with E-state index in [9.17, 15) is 9.59 Å². The molecule has 1 heterocycles. The Labute approximate surface area is 192 Å². The van der Waals surface area contributed by atoms with E-state index in [-0.39, 0.29) is 11.8 Å². The molecule has 3 rings (SSSR count). The number of hydrogen-bond acceptors (Lipinski definition) is 5. The largest absolute Gasteiger partial charge is 0.486 e. The van der Waals surface area contributed by atoms with E-state index in [1.807, 2.05) is 31.4 Å². The van der Waals surface area contributed by atoms with Gasteiger partial charge in [-0.1, -0.05) is 35.9 Å². The molecule has 0 saturated carbocycles. The molecule has 8 heteroatoms. The van der Waals surface area contributed by atoms with Crippen LogP contribution in [0.25, 0.3) is 0 Å². The number of halogens is 1. The van der Waals surface area contributed by atoms with Crippen molar-refractivity contribution in [1.29, 1.82) is 0 Å². The van der Waals surface area contributed by atoms with Crippen LogP contribution in [0.1, 0.15) is 29.3 Å². The summed E-state index contributed by atoms with van der Waals surface area (Å²) < 4.78 is 11.4. The maximum Gasteiger partial charge on any atom is 0.253 e. The van der Waals surface area contributed by atoms with Crippen molar-refractivity contribution in [3.05, 3.63) is 58.6 Å². The summed E-state index contributed by atoms with van der Waals surface area (Å²) in [4.78, 5) is 27.9. The van der Waals surface area contributed by atoms with Crippen LogP contribution in [-0.2, 0) is 11.3 Å². The van der Waals surface area contributed by atoms with E-state index >= 15 is 0 Å². The van der Waals surface area contributed by atoms with Gasteiger partial charge in [-0.15, -0.1) is 0 Å². The second kappa shape index (κ2) is 11.3. The van der Waals surface area contributed by atoms with E-state index < -0.39 is 6.04 Å². The molecule has 0 radical (unpaired) electrons. The number of fused-ring (bicyclic) bond motifs is 1. The average molecular weight is 463 g/mol. The Balaban J connectivity index is 1.77. The fourth-order valence-electron chi connectivity index (χ4n) is 3.40. The van der Waals surface area contributed by atoms with Gasteiger partial charge < -0.3 is 19.7 Å². The first-order valence-electron chi connectivity index (χ1n) is 10.3. The summed E-state index contributed by atoms with van der Waals surface area (Å²) in [6, 6.07) is 11.9. The van der Waals surface area contributed by atoms with E-state index in [0.717, 1.165) is 11.3 Å². The summed E-state index contributed by atoms with van der Waals surface area (Å²) in [5.74, 6) is 1.63. The van der Waals surface area contributed by atoms with Crippen LogP contribution in [0.5, 0.6) is 11.5 Å². The number of nitrogens with zero attached hydrogens (tertiary/aromatic N) is 1. The second-order valence-corrected chi connectivity index (χ2v) is 8.47. The predicted octanol–water partition coefficient (Wildman–Crippen LogP) is 4.01. The van der Waals surface area contributed by atoms with Crippen LogP contribution < -0.4 is 14.8 Å². The molecule has 166 valence electrons. The molecule has 1 atom stereocenters. The van der Waals surface area contributed by atoms with Gasteiger partial charge in [0.1, 0.15) is 19.3 Å². The number of nitrogens with one attached hydrogen (secondary N) is 1. The van der Waals surface area contributed by atoms with Crippen LogP contribution in [-0.4, -0.2) is 54.5 Å². The first-order valence-corrected chi connectivity index (χ1v) is 12.0. The number of amides is 2. The Morgan fingerprint density at radius 1 is 1.16 bits per heavy atom. The maximum atomic E-state index is 13.4. The molecule has 0 fully saturated rings. The fraction of sp³-hybridized carbons (Fsp3) is 0.391. The third-order valence-corrected chi connectivity index (χ3v) is 6.01. The normalized spacial score (nSPS) is 13.4. The molecule has 0 spiro atoms. The number of ether oxygens (including phenoxy) is 2. The average Bonchev–Trinajstić information content (AvgIpc) is 2.80. The number of carbonyl (C=O) groups is 2. The molecule has 0 bridgehead atoms. The Hall–Kier alpha value is -2.38. The summed E-state index contributed by atoms with van der Waals surface area (Å²) in [6.45, 7) is 3.79. The molecular weight excluding hydrogens is 436 g/mol.